The van der Waals surface area contributed by atoms with Crippen LogP contribution in [-0.2, 0) is 4.79 Å². The number of amides is 1. The monoisotopic (exact) mass is 274 g/mol. The van der Waals surface area contributed by atoms with E-state index in [0.717, 1.165) is 6.42 Å². The average molecular weight is 274 g/mol. The number of carbonyl (C=O) groups is 1. The molecule has 0 saturated heterocycles. The van der Waals surface area contributed by atoms with Gasteiger partial charge in [-0.25, -0.2) is 0 Å². The molecule has 0 radical (unpaired) electrons. The molecule has 3 unspecified atom stereocenters. The predicted octanol–water partition coefficient (Wildman–Crippen LogP) is 2.64. The molecule has 1 aromatic carbocycles. The summed E-state index contributed by atoms with van der Waals surface area (Å²) in [6, 6.07) is 9.07. The molecule has 3 heteroatoms. The van der Waals surface area contributed by atoms with Gasteiger partial charge in [0.05, 0.1) is 0 Å². The van der Waals surface area contributed by atoms with E-state index in [1.807, 2.05) is 7.05 Å². The topological polar surface area (TPSA) is 41.1 Å². The van der Waals surface area contributed by atoms with Crippen molar-refractivity contribution in [1.82, 2.24) is 10.6 Å². The molecule has 0 spiro atoms. The Labute approximate surface area is 122 Å². The van der Waals surface area contributed by atoms with Gasteiger partial charge in [0.25, 0.3) is 0 Å². The van der Waals surface area contributed by atoms with Gasteiger partial charge in [-0.2, -0.15) is 0 Å². The van der Waals surface area contributed by atoms with E-state index in [2.05, 4.69) is 55.7 Å². The fourth-order valence-electron chi connectivity index (χ4n) is 2.47. The molecule has 1 aliphatic carbocycles. The fraction of sp³-hybridized carbons (Fsp3) is 0.588. The van der Waals surface area contributed by atoms with Crippen LogP contribution in [0.4, 0.5) is 0 Å². The smallest absolute Gasteiger partial charge is 0.223 e. The largest absolute Gasteiger partial charge is 0.354 e. The van der Waals surface area contributed by atoms with Crippen LogP contribution in [0.1, 0.15) is 50.2 Å². The van der Waals surface area contributed by atoms with Crippen LogP contribution in [0.15, 0.2) is 24.3 Å². The molecule has 1 aromatic rings. The quantitative estimate of drug-likeness (QED) is 0.837. The number of nitrogens with one attached hydrogen (secondary N) is 2. The first-order valence-electron chi connectivity index (χ1n) is 7.57. The summed E-state index contributed by atoms with van der Waals surface area (Å²) in [6.07, 6.45) is 0.987. The number of benzene rings is 1. The molecule has 3 atom stereocenters. The predicted molar refractivity (Wildman–Crippen MR) is 82.9 cm³/mol. The molecular formula is C17H26N2O. The molecule has 110 valence electrons. The number of carbonyl (C=O) groups excluding carboxylic acids is 1. The summed E-state index contributed by atoms with van der Waals surface area (Å²) >= 11 is 0. The molecule has 0 bridgehead atoms. The lowest BCUT2D eigenvalue weighted by atomic mass is 10.00. The number of hydrogen-bond acceptors (Lipinski definition) is 2. The van der Waals surface area contributed by atoms with Gasteiger partial charge < -0.3 is 10.6 Å². The van der Waals surface area contributed by atoms with Crippen LogP contribution in [0.25, 0.3) is 0 Å². The Kier molecular flexibility index (Phi) is 4.81. The number of hydrogen-bond donors (Lipinski definition) is 2. The van der Waals surface area contributed by atoms with Gasteiger partial charge in [0, 0.05) is 18.5 Å². The highest BCUT2D eigenvalue weighted by Crippen LogP contribution is 2.47. The summed E-state index contributed by atoms with van der Waals surface area (Å²) in [5.74, 6) is 1.35. The second kappa shape index (κ2) is 6.40. The van der Waals surface area contributed by atoms with Gasteiger partial charge >= 0.3 is 0 Å². The Hall–Kier alpha value is -1.35. The third-order valence-electron chi connectivity index (χ3n) is 4.23. The van der Waals surface area contributed by atoms with Gasteiger partial charge in [-0.3, -0.25) is 4.79 Å². The van der Waals surface area contributed by atoms with Crippen LogP contribution >= 0.6 is 0 Å². The van der Waals surface area contributed by atoms with Crippen molar-refractivity contribution in [2.45, 2.75) is 45.1 Å². The van der Waals surface area contributed by atoms with E-state index in [-0.39, 0.29) is 11.8 Å². The zero-order chi connectivity index (χ0) is 14.7. The van der Waals surface area contributed by atoms with E-state index in [1.54, 1.807) is 0 Å². The second-order valence-electron chi connectivity index (χ2n) is 6.20. The normalized spacial score (nSPS) is 22.6. The van der Waals surface area contributed by atoms with Crippen LogP contribution in [-0.4, -0.2) is 25.5 Å². The fourth-order valence-corrected chi connectivity index (χ4v) is 2.47. The highest BCUT2D eigenvalue weighted by molar-refractivity contribution is 5.82. The van der Waals surface area contributed by atoms with Crippen molar-refractivity contribution in [2.24, 2.45) is 5.92 Å². The van der Waals surface area contributed by atoms with E-state index in [1.165, 1.54) is 11.1 Å². The van der Waals surface area contributed by atoms with Crippen molar-refractivity contribution in [3.63, 3.8) is 0 Å². The minimum atomic E-state index is 0.170. The standard InChI is InChI=1S/C17H26N2O/c1-11(2)13-5-7-14(8-6-13)15-9-16(15)17(20)19-10-12(3)18-4/h5-8,11-12,15-16,18H,9-10H2,1-4H3,(H,19,20). The zero-order valence-electron chi connectivity index (χ0n) is 12.9. The van der Waals surface area contributed by atoms with E-state index in [9.17, 15) is 4.79 Å². The lowest BCUT2D eigenvalue weighted by Crippen LogP contribution is -2.37. The van der Waals surface area contributed by atoms with Crippen LogP contribution in [0.3, 0.4) is 0 Å². The maximum atomic E-state index is 12.0. The van der Waals surface area contributed by atoms with Crippen molar-refractivity contribution in [3.05, 3.63) is 35.4 Å². The summed E-state index contributed by atoms with van der Waals surface area (Å²) in [7, 11) is 1.91. The first kappa shape index (κ1) is 15.0. The summed E-state index contributed by atoms with van der Waals surface area (Å²) in [5, 5.41) is 6.15. The Morgan fingerprint density at radius 2 is 1.90 bits per heavy atom. The van der Waals surface area contributed by atoms with Gasteiger partial charge in [0.2, 0.25) is 5.91 Å². The maximum Gasteiger partial charge on any atom is 0.223 e. The summed E-state index contributed by atoms with van der Waals surface area (Å²) in [6.45, 7) is 7.16. The minimum Gasteiger partial charge on any atom is -0.354 e. The Bertz CT molecular complexity index is 453. The second-order valence-corrected chi connectivity index (χ2v) is 6.20. The van der Waals surface area contributed by atoms with E-state index in [0.29, 0.717) is 24.4 Å². The molecule has 20 heavy (non-hydrogen) atoms. The molecular weight excluding hydrogens is 248 g/mol. The van der Waals surface area contributed by atoms with Crippen LogP contribution in [0.2, 0.25) is 0 Å². The third kappa shape index (κ3) is 3.60. The molecule has 0 aliphatic heterocycles. The number of rotatable bonds is 6. The van der Waals surface area contributed by atoms with Crippen LogP contribution < -0.4 is 10.6 Å². The van der Waals surface area contributed by atoms with Gasteiger partial charge in [-0.05, 0) is 43.4 Å². The Morgan fingerprint density at radius 1 is 1.25 bits per heavy atom. The molecule has 1 amide bonds. The van der Waals surface area contributed by atoms with Gasteiger partial charge in [-0.15, -0.1) is 0 Å². The van der Waals surface area contributed by atoms with Crippen molar-refractivity contribution in [2.75, 3.05) is 13.6 Å². The first-order chi connectivity index (χ1) is 9.52. The lowest BCUT2D eigenvalue weighted by molar-refractivity contribution is -0.122. The minimum absolute atomic E-state index is 0.170. The van der Waals surface area contributed by atoms with Crippen LogP contribution in [0.5, 0.6) is 0 Å². The molecule has 1 fully saturated rings. The SMILES string of the molecule is CNC(C)CNC(=O)C1CC1c1ccc(C(C)C)cc1. The van der Waals surface area contributed by atoms with Gasteiger partial charge in [0.15, 0.2) is 0 Å². The molecule has 0 heterocycles. The average Bonchev–Trinajstić information content (AvgIpc) is 3.25. The molecule has 3 nitrogen and oxygen atoms in total. The van der Waals surface area contributed by atoms with Gasteiger partial charge in [0.1, 0.15) is 0 Å². The lowest BCUT2D eigenvalue weighted by Gasteiger charge is -2.11. The zero-order valence-corrected chi connectivity index (χ0v) is 12.9. The summed E-state index contributed by atoms with van der Waals surface area (Å²) in [4.78, 5) is 12.0. The maximum absolute atomic E-state index is 12.0. The number of likely N-dealkylation sites (N-methyl/N-ethyl adjacent to an activating group) is 1. The molecule has 1 saturated carbocycles. The van der Waals surface area contributed by atoms with Gasteiger partial charge in [-0.1, -0.05) is 38.1 Å². The Morgan fingerprint density at radius 3 is 2.45 bits per heavy atom. The van der Waals surface area contributed by atoms with Crippen molar-refractivity contribution >= 4 is 5.91 Å². The molecule has 1 aliphatic rings. The van der Waals surface area contributed by atoms with E-state index in [4.69, 9.17) is 0 Å². The van der Waals surface area contributed by atoms with Crippen molar-refractivity contribution in [1.29, 1.82) is 0 Å². The van der Waals surface area contributed by atoms with E-state index >= 15 is 0 Å². The summed E-state index contributed by atoms with van der Waals surface area (Å²) < 4.78 is 0. The summed E-state index contributed by atoms with van der Waals surface area (Å²) in [5.41, 5.74) is 2.66. The first-order valence-corrected chi connectivity index (χ1v) is 7.57. The van der Waals surface area contributed by atoms with Crippen molar-refractivity contribution < 1.29 is 4.79 Å². The van der Waals surface area contributed by atoms with E-state index < -0.39 is 0 Å². The molecule has 0 aromatic heterocycles. The van der Waals surface area contributed by atoms with Crippen LogP contribution in [0, 0.1) is 5.92 Å². The Balaban J connectivity index is 1.86. The highest BCUT2D eigenvalue weighted by atomic mass is 16.2. The third-order valence-corrected chi connectivity index (χ3v) is 4.23. The molecule has 2 rings (SSSR count). The highest BCUT2D eigenvalue weighted by Gasteiger charge is 2.43. The van der Waals surface area contributed by atoms with Crippen molar-refractivity contribution in [3.8, 4) is 0 Å². The molecule has 2 N–H and O–H groups in total.